The molecule has 0 aromatic heterocycles. The quantitative estimate of drug-likeness (QED) is 0.393. The minimum Gasteiger partial charge on any atom is -0.467 e. The Bertz CT molecular complexity index is 633. The summed E-state index contributed by atoms with van der Waals surface area (Å²) in [5, 5.41) is 4.01. The van der Waals surface area contributed by atoms with E-state index in [9.17, 15) is 4.39 Å². The molecule has 1 unspecified atom stereocenters. The Kier molecular flexibility index (Phi) is 8.75. The predicted molar refractivity (Wildman–Crippen MR) is 115 cm³/mol. The Hall–Kier alpha value is -0.740. The molecule has 3 rings (SSSR count). The molecule has 1 fully saturated rings. The first-order chi connectivity index (χ1) is 12.2. The number of thioether (sulfide) groups is 1. The molecule has 0 radical (unpaired) electrons. The van der Waals surface area contributed by atoms with Crippen LogP contribution in [-0.2, 0) is 17.9 Å². The van der Waals surface area contributed by atoms with E-state index in [-0.39, 0.29) is 36.6 Å². The van der Waals surface area contributed by atoms with E-state index in [1.807, 2.05) is 11.8 Å². The van der Waals surface area contributed by atoms with Gasteiger partial charge in [-0.15, -0.1) is 24.0 Å². The van der Waals surface area contributed by atoms with Crippen LogP contribution >= 0.6 is 35.7 Å². The van der Waals surface area contributed by atoms with Crippen LogP contribution in [0.5, 0.6) is 5.75 Å². The summed E-state index contributed by atoms with van der Waals surface area (Å²) in [5.74, 6) is 2.45. The molecular formula is C18H27FIN3O2S. The summed E-state index contributed by atoms with van der Waals surface area (Å²) < 4.78 is 24.7. The molecule has 146 valence electrons. The van der Waals surface area contributed by atoms with Crippen molar-refractivity contribution < 1.29 is 13.9 Å². The summed E-state index contributed by atoms with van der Waals surface area (Å²) in [6, 6.07) is 2.98. The molecule has 5 nitrogen and oxygen atoms in total. The normalized spacial score (nSPS) is 20.0. The molecule has 1 saturated heterocycles. The summed E-state index contributed by atoms with van der Waals surface area (Å²) in [4.78, 5) is 7.07. The highest BCUT2D eigenvalue weighted by Crippen LogP contribution is 2.30. The number of nitrogens with zero attached hydrogens (tertiary/aromatic N) is 2. The highest BCUT2D eigenvalue weighted by molar-refractivity contribution is 14.0. The zero-order valence-corrected chi connectivity index (χ0v) is 18.4. The van der Waals surface area contributed by atoms with Crippen LogP contribution in [-0.4, -0.2) is 48.3 Å². The fourth-order valence-corrected chi connectivity index (χ4v) is 4.30. The van der Waals surface area contributed by atoms with Gasteiger partial charge in [-0.2, -0.15) is 11.8 Å². The van der Waals surface area contributed by atoms with Crippen molar-refractivity contribution in [1.29, 1.82) is 0 Å². The largest absolute Gasteiger partial charge is 0.467 e. The van der Waals surface area contributed by atoms with Gasteiger partial charge in [0.15, 0.2) is 12.8 Å². The van der Waals surface area contributed by atoms with Crippen molar-refractivity contribution in [1.82, 2.24) is 10.2 Å². The Labute approximate surface area is 176 Å². The van der Waals surface area contributed by atoms with Gasteiger partial charge in [-0.1, -0.05) is 6.92 Å². The van der Waals surface area contributed by atoms with Crippen LogP contribution < -0.4 is 10.1 Å². The van der Waals surface area contributed by atoms with Crippen LogP contribution in [0, 0.1) is 5.82 Å². The van der Waals surface area contributed by atoms with E-state index in [1.165, 1.54) is 12.1 Å². The maximum absolute atomic E-state index is 13.9. The van der Waals surface area contributed by atoms with E-state index >= 15 is 0 Å². The van der Waals surface area contributed by atoms with E-state index < -0.39 is 0 Å². The number of fused-ring (bicyclic) bond motifs is 1. The van der Waals surface area contributed by atoms with Crippen molar-refractivity contribution in [3.63, 3.8) is 0 Å². The number of benzene rings is 1. The number of hydrogen-bond acceptors (Lipinski definition) is 4. The highest BCUT2D eigenvalue weighted by atomic mass is 127. The number of nitrogens with one attached hydrogen (secondary N) is 1. The number of guanidine groups is 1. The van der Waals surface area contributed by atoms with Crippen LogP contribution in [0.2, 0.25) is 0 Å². The van der Waals surface area contributed by atoms with Crippen molar-refractivity contribution in [2.75, 3.05) is 32.2 Å². The number of ether oxygens (including phenoxy) is 2. The van der Waals surface area contributed by atoms with E-state index in [0.29, 0.717) is 24.2 Å². The summed E-state index contributed by atoms with van der Waals surface area (Å²) in [6.07, 6.45) is 1.16. The van der Waals surface area contributed by atoms with Gasteiger partial charge >= 0.3 is 0 Å². The van der Waals surface area contributed by atoms with Gasteiger partial charge < -0.3 is 19.7 Å². The van der Waals surface area contributed by atoms with Gasteiger partial charge in [0.1, 0.15) is 11.6 Å². The molecule has 1 aromatic carbocycles. The Balaban J connectivity index is 0.00000243. The van der Waals surface area contributed by atoms with Gasteiger partial charge in [-0.25, -0.2) is 9.38 Å². The van der Waals surface area contributed by atoms with Crippen molar-refractivity contribution >= 4 is 41.7 Å². The molecule has 2 heterocycles. The first-order valence-electron chi connectivity index (χ1n) is 8.88. The van der Waals surface area contributed by atoms with Crippen molar-refractivity contribution in [3.8, 4) is 5.75 Å². The molecule has 1 N–H and O–H groups in total. The Morgan fingerprint density at radius 3 is 3.04 bits per heavy atom. The average molecular weight is 495 g/mol. The van der Waals surface area contributed by atoms with Crippen molar-refractivity contribution in [2.45, 2.75) is 38.7 Å². The monoisotopic (exact) mass is 495 g/mol. The molecule has 2 aliphatic heterocycles. The van der Waals surface area contributed by atoms with E-state index in [1.54, 1.807) is 0 Å². The molecule has 2 aliphatic rings. The van der Waals surface area contributed by atoms with Gasteiger partial charge in [0.2, 0.25) is 0 Å². The zero-order valence-electron chi connectivity index (χ0n) is 15.3. The fourth-order valence-electron chi connectivity index (χ4n) is 3.12. The number of hydrogen-bond donors (Lipinski definition) is 1. The molecule has 0 bridgehead atoms. The van der Waals surface area contributed by atoms with Gasteiger partial charge in [-0.3, -0.25) is 0 Å². The second-order valence-corrected chi connectivity index (χ2v) is 7.59. The summed E-state index contributed by atoms with van der Waals surface area (Å²) in [7, 11) is 0. The smallest absolute Gasteiger partial charge is 0.194 e. The summed E-state index contributed by atoms with van der Waals surface area (Å²) in [5.41, 5.74) is 1.52. The molecule has 0 amide bonds. The molecule has 26 heavy (non-hydrogen) atoms. The molecule has 1 aromatic rings. The lowest BCUT2D eigenvalue weighted by molar-refractivity contribution is -0.0172. The maximum Gasteiger partial charge on any atom is 0.194 e. The molecule has 0 aliphatic carbocycles. The van der Waals surface area contributed by atoms with Crippen LogP contribution in [0.3, 0.4) is 0 Å². The van der Waals surface area contributed by atoms with Gasteiger partial charge in [0, 0.05) is 41.8 Å². The van der Waals surface area contributed by atoms with Crippen molar-refractivity contribution in [3.05, 3.63) is 29.1 Å². The third-order valence-corrected chi connectivity index (χ3v) is 5.75. The summed E-state index contributed by atoms with van der Waals surface area (Å²) >= 11 is 2.03. The Morgan fingerprint density at radius 1 is 1.42 bits per heavy atom. The standard InChI is InChI=1S/C18H26FN3O2S.HI/c1-3-16-10-22(5-6-25-16)18(20-4-2)21-9-13-7-15(19)8-14-11-23-12-24-17(13)14;/h7-8,16H,3-6,9-12H2,1-2H3,(H,20,21);1H. The fraction of sp³-hybridized carbons (Fsp3) is 0.611. The minimum absolute atomic E-state index is 0. The zero-order chi connectivity index (χ0) is 17.6. The Morgan fingerprint density at radius 2 is 2.27 bits per heavy atom. The molecule has 0 spiro atoms. The van der Waals surface area contributed by atoms with Crippen LogP contribution in [0.15, 0.2) is 17.1 Å². The van der Waals surface area contributed by atoms with Gasteiger partial charge in [0.25, 0.3) is 0 Å². The van der Waals surface area contributed by atoms with Crippen LogP contribution in [0.25, 0.3) is 0 Å². The lowest BCUT2D eigenvalue weighted by atomic mass is 10.1. The first kappa shape index (κ1) is 21.6. The third-order valence-electron chi connectivity index (χ3n) is 4.38. The maximum atomic E-state index is 13.9. The predicted octanol–water partition coefficient (Wildman–Crippen LogP) is 3.60. The first-order valence-corrected chi connectivity index (χ1v) is 9.92. The molecule has 8 heteroatoms. The SMILES string of the molecule is CCNC(=NCc1cc(F)cc2c1OCOC2)N1CCSC(CC)C1.I. The third kappa shape index (κ3) is 5.39. The topological polar surface area (TPSA) is 46.1 Å². The highest BCUT2D eigenvalue weighted by Gasteiger charge is 2.22. The summed E-state index contributed by atoms with van der Waals surface area (Å²) in [6.45, 7) is 8.06. The number of halogens is 2. The molecule has 1 atom stereocenters. The van der Waals surface area contributed by atoms with Crippen LogP contribution in [0.1, 0.15) is 31.4 Å². The molecule has 0 saturated carbocycles. The lowest BCUT2D eigenvalue weighted by Gasteiger charge is -2.34. The molecular weight excluding hydrogens is 468 g/mol. The van der Waals surface area contributed by atoms with Gasteiger partial charge in [-0.05, 0) is 25.5 Å². The number of rotatable bonds is 4. The lowest BCUT2D eigenvalue weighted by Crippen LogP contribution is -2.48. The number of aliphatic imine (C=N–C) groups is 1. The van der Waals surface area contributed by atoms with Crippen molar-refractivity contribution in [2.24, 2.45) is 4.99 Å². The van der Waals surface area contributed by atoms with E-state index in [4.69, 9.17) is 14.5 Å². The van der Waals surface area contributed by atoms with Crippen LogP contribution in [0.4, 0.5) is 4.39 Å². The second-order valence-electron chi connectivity index (χ2n) is 6.18. The van der Waals surface area contributed by atoms with Gasteiger partial charge in [0.05, 0.1) is 13.2 Å². The van der Waals surface area contributed by atoms with E-state index in [2.05, 4.69) is 24.1 Å². The second kappa shape index (κ2) is 10.6. The average Bonchev–Trinajstić information content (AvgIpc) is 2.64. The minimum atomic E-state index is -0.275. The van der Waals surface area contributed by atoms with E-state index in [0.717, 1.165) is 48.9 Å².